The molecule has 0 radical (unpaired) electrons. The van der Waals surface area contributed by atoms with Crippen molar-refractivity contribution < 1.29 is 31.1 Å². The van der Waals surface area contributed by atoms with Gasteiger partial charge in [0.2, 0.25) is 5.91 Å². The van der Waals surface area contributed by atoms with Crippen LogP contribution in [0.3, 0.4) is 0 Å². The van der Waals surface area contributed by atoms with E-state index in [2.05, 4.69) is 10.1 Å². The van der Waals surface area contributed by atoms with Gasteiger partial charge in [0.05, 0.1) is 16.1 Å². The molecule has 0 aromatic heterocycles. The molecule has 2 aliphatic rings. The minimum Gasteiger partial charge on any atom is -0.406 e. The molecule has 162 valence electrons. The minimum absolute atomic E-state index is 0.0214. The maximum absolute atomic E-state index is 12.7. The number of sulfone groups is 1. The molecule has 0 heterocycles. The Bertz CT molecular complexity index is 838. The van der Waals surface area contributed by atoms with E-state index in [0.717, 1.165) is 37.8 Å². The molecule has 2 fully saturated rings. The molecule has 29 heavy (non-hydrogen) atoms. The van der Waals surface area contributed by atoms with Crippen molar-refractivity contribution in [1.29, 1.82) is 0 Å². The number of ether oxygens (including phenoxy) is 1. The molecule has 0 spiro atoms. The summed E-state index contributed by atoms with van der Waals surface area (Å²) in [4.78, 5) is 12.1. The first kappa shape index (κ1) is 21.9. The molecule has 10 heteroatoms. The molecule has 1 unspecified atom stereocenters. The van der Waals surface area contributed by atoms with Crippen LogP contribution in [0.2, 0.25) is 0 Å². The SMILES string of the molecule is N[C@H]1CCCCC1C(=O)NC[C@H]1C[C@H](S(=O)(=O)c2cccc(OC(F)(F)F)c2)C1. The third kappa shape index (κ3) is 5.42. The summed E-state index contributed by atoms with van der Waals surface area (Å²) in [7, 11) is -3.76. The number of halogens is 3. The highest BCUT2D eigenvalue weighted by Crippen LogP contribution is 2.37. The van der Waals surface area contributed by atoms with Crippen LogP contribution in [0.15, 0.2) is 29.2 Å². The van der Waals surface area contributed by atoms with Crippen LogP contribution >= 0.6 is 0 Å². The number of hydrogen-bond donors (Lipinski definition) is 2. The van der Waals surface area contributed by atoms with E-state index in [4.69, 9.17) is 5.73 Å². The van der Waals surface area contributed by atoms with Crippen molar-refractivity contribution in [3.05, 3.63) is 24.3 Å². The molecule has 2 atom stereocenters. The van der Waals surface area contributed by atoms with Gasteiger partial charge in [-0.25, -0.2) is 8.42 Å². The van der Waals surface area contributed by atoms with E-state index in [1.165, 1.54) is 12.1 Å². The Morgan fingerprint density at radius 2 is 1.90 bits per heavy atom. The Labute approximate surface area is 167 Å². The standard InChI is InChI=1S/C19H25F3N2O4S/c20-19(21,22)28-13-4-3-5-14(10-13)29(26,27)15-8-12(9-15)11-24-18(25)16-6-1-2-7-17(16)23/h3-5,10,12,15-17H,1-2,6-9,11,23H2,(H,24,25)/t12-,15-,16?,17-/m0/s1. The zero-order chi connectivity index (χ0) is 21.2. The normalized spacial score (nSPS) is 27.7. The number of carbonyl (C=O) groups excluding carboxylic acids is 1. The summed E-state index contributed by atoms with van der Waals surface area (Å²) in [6, 6.07) is 4.30. The smallest absolute Gasteiger partial charge is 0.406 e. The lowest BCUT2D eigenvalue weighted by Crippen LogP contribution is -2.47. The lowest BCUT2D eigenvalue weighted by Gasteiger charge is -2.35. The number of nitrogens with two attached hydrogens (primary N) is 1. The highest BCUT2D eigenvalue weighted by molar-refractivity contribution is 7.92. The van der Waals surface area contributed by atoms with Crippen LogP contribution in [-0.2, 0) is 14.6 Å². The average Bonchev–Trinajstić information content (AvgIpc) is 2.59. The van der Waals surface area contributed by atoms with E-state index >= 15 is 0 Å². The van der Waals surface area contributed by atoms with Crippen LogP contribution in [0.4, 0.5) is 13.2 Å². The third-order valence-corrected chi connectivity index (χ3v) is 7.89. The number of nitrogens with one attached hydrogen (secondary N) is 1. The van der Waals surface area contributed by atoms with Gasteiger partial charge in [-0.3, -0.25) is 4.79 Å². The monoisotopic (exact) mass is 434 g/mol. The van der Waals surface area contributed by atoms with Gasteiger partial charge in [0.15, 0.2) is 9.84 Å². The summed E-state index contributed by atoms with van der Waals surface area (Å²) >= 11 is 0. The van der Waals surface area contributed by atoms with Gasteiger partial charge >= 0.3 is 6.36 Å². The van der Waals surface area contributed by atoms with Crippen molar-refractivity contribution >= 4 is 15.7 Å². The molecule has 0 saturated heterocycles. The molecule has 3 rings (SSSR count). The maximum atomic E-state index is 12.7. The summed E-state index contributed by atoms with van der Waals surface area (Å²) in [5.41, 5.74) is 6.01. The van der Waals surface area contributed by atoms with Crippen molar-refractivity contribution in [2.24, 2.45) is 17.6 Å². The van der Waals surface area contributed by atoms with Crippen LogP contribution in [0, 0.1) is 11.8 Å². The van der Waals surface area contributed by atoms with Gasteiger partial charge in [-0.1, -0.05) is 18.9 Å². The van der Waals surface area contributed by atoms with Crippen LogP contribution in [0.25, 0.3) is 0 Å². The number of benzene rings is 1. The van der Waals surface area contributed by atoms with Crippen molar-refractivity contribution in [1.82, 2.24) is 5.32 Å². The minimum atomic E-state index is -4.89. The highest BCUT2D eigenvalue weighted by Gasteiger charge is 2.40. The molecule has 3 N–H and O–H groups in total. The van der Waals surface area contributed by atoms with E-state index in [0.29, 0.717) is 19.4 Å². The highest BCUT2D eigenvalue weighted by atomic mass is 32.2. The Morgan fingerprint density at radius 3 is 2.55 bits per heavy atom. The lowest BCUT2D eigenvalue weighted by atomic mass is 9.83. The molecule has 1 aromatic carbocycles. The summed E-state index contributed by atoms with van der Waals surface area (Å²) in [5.74, 6) is -0.820. The summed E-state index contributed by atoms with van der Waals surface area (Å²) < 4.78 is 66.2. The molecule has 1 aromatic rings. The fourth-order valence-corrected chi connectivity index (χ4v) is 5.98. The summed E-state index contributed by atoms with van der Waals surface area (Å²) in [6.45, 7) is 0.380. The third-order valence-electron chi connectivity index (χ3n) is 5.72. The van der Waals surface area contributed by atoms with E-state index in [9.17, 15) is 26.4 Å². The van der Waals surface area contributed by atoms with Crippen molar-refractivity contribution in [3.8, 4) is 5.75 Å². The number of hydrogen-bond acceptors (Lipinski definition) is 5. The van der Waals surface area contributed by atoms with Gasteiger partial charge in [-0.2, -0.15) is 0 Å². The molecule has 2 aliphatic carbocycles. The Morgan fingerprint density at radius 1 is 1.21 bits per heavy atom. The number of alkyl halides is 3. The van der Waals surface area contributed by atoms with Crippen LogP contribution in [0.5, 0.6) is 5.75 Å². The predicted octanol–water partition coefficient (Wildman–Crippen LogP) is 2.77. The van der Waals surface area contributed by atoms with Gasteiger partial charge in [0.1, 0.15) is 5.75 Å². The van der Waals surface area contributed by atoms with Crippen molar-refractivity contribution in [2.45, 2.75) is 61.1 Å². The second kappa shape index (κ2) is 8.51. The Balaban J connectivity index is 1.52. The molecule has 0 bridgehead atoms. The largest absolute Gasteiger partial charge is 0.573 e. The van der Waals surface area contributed by atoms with Crippen molar-refractivity contribution in [3.63, 3.8) is 0 Å². The fraction of sp³-hybridized carbons (Fsp3) is 0.632. The van der Waals surface area contributed by atoms with Crippen molar-refractivity contribution in [2.75, 3.05) is 6.54 Å². The molecule has 1 amide bonds. The molecule has 6 nitrogen and oxygen atoms in total. The predicted molar refractivity (Wildman–Crippen MR) is 99.8 cm³/mol. The second-order valence-electron chi connectivity index (χ2n) is 7.83. The first-order chi connectivity index (χ1) is 13.6. The first-order valence-corrected chi connectivity index (χ1v) is 11.2. The van der Waals surface area contributed by atoms with E-state index in [1.807, 2.05) is 0 Å². The molecular weight excluding hydrogens is 409 g/mol. The first-order valence-electron chi connectivity index (χ1n) is 9.69. The number of rotatable bonds is 6. The summed E-state index contributed by atoms with van der Waals surface area (Å²) in [5, 5.41) is 2.19. The van der Waals surface area contributed by atoms with E-state index in [1.54, 1.807) is 0 Å². The Hall–Kier alpha value is -1.81. The van der Waals surface area contributed by atoms with Gasteiger partial charge in [-0.15, -0.1) is 13.2 Å². The van der Waals surface area contributed by atoms with Gasteiger partial charge in [0.25, 0.3) is 0 Å². The van der Waals surface area contributed by atoms with Crippen LogP contribution in [-0.4, -0.2) is 38.5 Å². The number of carbonyl (C=O) groups is 1. The van der Waals surface area contributed by atoms with Crippen LogP contribution < -0.4 is 15.8 Å². The number of amides is 1. The lowest BCUT2D eigenvalue weighted by molar-refractivity contribution is -0.274. The van der Waals surface area contributed by atoms with Gasteiger partial charge in [-0.05, 0) is 49.8 Å². The zero-order valence-corrected chi connectivity index (χ0v) is 16.6. The van der Waals surface area contributed by atoms with Crippen LogP contribution in [0.1, 0.15) is 38.5 Å². The summed E-state index contributed by atoms with van der Waals surface area (Å²) in [6.07, 6.45) is -0.574. The second-order valence-corrected chi connectivity index (χ2v) is 10.1. The van der Waals surface area contributed by atoms with E-state index < -0.39 is 27.2 Å². The molecule has 0 aliphatic heterocycles. The fourth-order valence-electron chi connectivity index (χ4n) is 4.00. The molecular formula is C19H25F3N2O4S. The maximum Gasteiger partial charge on any atom is 0.573 e. The molecule has 2 saturated carbocycles. The van der Waals surface area contributed by atoms with E-state index in [-0.39, 0.29) is 28.7 Å². The topological polar surface area (TPSA) is 98.5 Å². The van der Waals surface area contributed by atoms with Gasteiger partial charge in [0, 0.05) is 12.6 Å². The zero-order valence-electron chi connectivity index (χ0n) is 15.8. The van der Waals surface area contributed by atoms with Gasteiger partial charge < -0.3 is 15.8 Å². The quantitative estimate of drug-likeness (QED) is 0.718. The Kier molecular flexibility index (Phi) is 6.42. The average molecular weight is 434 g/mol.